The van der Waals surface area contributed by atoms with E-state index in [0.29, 0.717) is 5.56 Å². The third-order valence-electron chi connectivity index (χ3n) is 3.32. The summed E-state index contributed by atoms with van der Waals surface area (Å²) in [5.41, 5.74) is 7.45. The molecule has 88 valence electrons. The normalized spacial score (nSPS) is 19.4. The zero-order valence-corrected chi connectivity index (χ0v) is 9.54. The van der Waals surface area contributed by atoms with Gasteiger partial charge in [-0.1, -0.05) is 6.07 Å². The predicted octanol–water partition coefficient (Wildman–Crippen LogP) is 2.85. The fourth-order valence-electron chi connectivity index (χ4n) is 1.88. The number of phenols is 1. The van der Waals surface area contributed by atoms with Gasteiger partial charge in [-0.3, -0.25) is 0 Å². The molecule has 0 heterocycles. The molecule has 0 bridgehead atoms. The van der Waals surface area contributed by atoms with Gasteiger partial charge in [0.15, 0.2) is 0 Å². The number of rotatable bonds is 4. The highest BCUT2D eigenvalue weighted by Gasteiger charge is 2.37. The number of phenolic OH excluding ortho intramolecular Hbond substituents is 1. The van der Waals surface area contributed by atoms with Crippen LogP contribution >= 0.6 is 0 Å². The van der Waals surface area contributed by atoms with E-state index in [2.05, 4.69) is 0 Å². The fourth-order valence-corrected chi connectivity index (χ4v) is 1.88. The molecular weight excluding hydrogens is 205 g/mol. The van der Waals surface area contributed by atoms with E-state index in [1.54, 1.807) is 12.1 Å². The summed E-state index contributed by atoms with van der Waals surface area (Å²) in [4.78, 5) is 0. The molecule has 16 heavy (non-hydrogen) atoms. The van der Waals surface area contributed by atoms with Crippen LogP contribution in [0.5, 0.6) is 5.75 Å². The van der Waals surface area contributed by atoms with Crippen molar-refractivity contribution < 1.29 is 9.50 Å². The highest BCUT2D eigenvalue weighted by atomic mass is 19.1. The lowest BCUT2D eigenvalue weighted by atomic mass is 10.0. The first-order chi connectivity index (χ1) is 7.50. The summed E-state index contributed by atoms with van der Waals surface area (Å²) in [6, 6.07) is 5.15. The number of nitrogens with two attached hydrogens (primary N) is 1. The summed E-state index contributed by atoms with van der Waals surface area (Å²) in [7, 11) is 0. The molecule has 1 unspecified atom stereocenters. The van der Waals surface area contributed by atoms with Gasteiger partial charge in [-0.15, -0.1) is 0 Å². The van der Waals surface area contributed by atoms with Gasteiger partial charge in [-0.2, -0.15) is 0 Å². The second kappa shape index (κ2) is 4.06. The Bertz CT molecular complexity index is 386. The number of halogens is 1. The van der Waals surface area contributed by atoms with Crippen LogP contribution in [0.4, 0.5) is 4.39 Å². The molecule has 1 fully saturated rings. The molecule has 0 spiro atoms. The maximum atomic E-state index is 13.2. The van der Waals surface area contributed by atoms with Gasteiger partial charge < -0.3 is 10.8 Å². The number of hydrogen-bond acceptors (Lipinski definition) is 2. The zero-order chi connectivity index (χ0) is 11.8. The molecule has 0 radical (unpaired) electrons. The molecule has 0 aliphatic heterocycles. The lowest BCUT2D eigenvalue weighted by Gasteiger charge is -2.11. The van der Waals surface area contributed by atoms with E-state index in [4.69, 9.17) is 5.73 Å². The first-order valence-electron chi connectivity index (χ1n) is 5.75. The summed E-state index contributed by atoms with van der Waals surface area (Å²) >= 11 is 0. The average molecular weight is 223 g/mol. The van der Waals surface area contributed by atoms with E-state index in [9.17, 15) is 9.50 Å². The molecule has 3 N–H and O–H groups in total. The maximum absolute atomic E-state index is 13.2. The van der Waals surface area contributed by atoms with Crippen LogP contribution in [0, 0.1) is 0 Å². The van der Waals surface area contributed by atoms with Gasteiger partial charge in [-0.05, 0) is 50.3 Å². The SMILES string of the molecule is CC(F)c1cc(CCC2(N)CC2)ccc1O. The lowest BCUT2D eigenvalue weighted by molar-refractivity contribution is 0.356. The minimum atomic E-state index is -1.13. The van der Waals surface area contributed by atoms with Crippen LogP contribution in [0.15, 0.2) is 18.2 Å². The van der Waals surface area contributed by atoms with Gasteiger partial charge in [0.1, 0.15) is 11.9 Å². The third-order valence-corrected chi connectivity index (χ3v) is 3.32. The number of hydrogen-bond donors (Lipinski definition) is 2. The van der Waals surface area contributed by atoms with Crippen LogP contribution in [0.2, 0.25) is 0 Å². The minimum absolute atomic E-state index is 0.0272. The van der Waals surface area contributed by atoms with Crippen molar-refractivity contribution in [2.75, 3.05) is 0 Å². The molecule has 1 aliphatic rings. The molecule has 0 saturated heterocycles. The average Bonchev–Trinajstić information content (AvgIpc) is 2.96. The summed E-state index contributed by atoms with van der Waals surface area (Å²) in [6.45, 7) is 1.43. The van der Waals surface area contributed by atoms with E-state index in [-0.39, 0.29) is 11.3 Å². The van der Waals surface area contributed by atoms with Crippen LogP contribution in [0.25, 0.3) is 0 Å². The van der Waals surface area contributed by atoms with Crippen molar-refractivity contribution in [1.29, 1.82) is 0 Å². The largest absolute Gasteiger partial charge is 0.508 e. The Morgan fingerprint density at radius 2 is 2.19 bits per heavy atom. The second-order valence-electron chi connectivity index (χ2n) is 4.87. The Balaban J connectivity index is 2.06. The van der Waals surface area contributed by atoms with E-state index in [1.165, 1.54) is 6.92 Å². The van der Waals surface area contributed by atoms with Gasteiger partial charge in [0.05, 0.1) is 0 Å². The molecule has 0 amide bonds. The van der Waals surface area contributed by atoms with Gasteiger partial charge >= 0.3 is 0 Å². The Morgan fingerprint density at radius 1 is 1.50 bits per heavy atom. The lowest BCUT2D eigenvalue weighted by Crippen LogP contribution is -2.22. The van der Waals surface area contributed by atoms with E-state index >= 15 is 0 Å². The second-order valence-corrected chi connectivity index (χ2v) is 4.87. The van der Waals surface area contributed by atoms with Gasteiger partial charge in [0.2, 0.25) is 0 Å². The molecule has 3 heteroatoms. The molecule has 1 saturated carbocycles. The number of benzene rings is 1. The first kappa shape index (κ1) is 11.4. The molecular formula is C13H18FNO. The van der Waals surface area contributed by atoms with Crippen molar-refractivity contribution in [3.05, 3.63) is 29.3 Å². The number of aromatic hydroxyl groups is 1. The summed E-state index contributed by atoms with van der Waals surface area (Å²) < 4.78 is 13.2. The van der Waals surface area contributed by atoms with Crippen molar-refractivity contribution in [1.82, 2.24) is 0 Å². The molecule has 2 nitrogen and oxygen atoms in total. The molecule has 1 aromatic carbocycles. The van der Waals surface area contributed by atoms with E-state index in [0.717, 1.165) is 31.2 Å². The highest BCUT2D eigenvalue weighted by Crippen LogP contribution is 2.37. The van der Waals surface area contributed by atoms with Crippen LogP contribution < -0.4 is 5.73 Å². The van der Waals surface area contributed by atoms with Crippen LogP contribution in [0.1, 0.15) is 43.5 Å². The van der Waals surface area contributed by atoms with Crippen LogP contribution in [-0.4, -0.2) is 10.6 Å². The summed E-state index contributed by atoms with van der Waals surface area (Å²) in [6.07, 6.45) is 2.86. The molecule has 2 rings (SSSR count). The highest BCUT2D eigenvalue weighted by molar-refractivity contribution is 5.37. The smallest absolute Gasteiger partial charge is 0.126 e. The summed E-state index contributed by atoms with van der Waals surface area (Å²) in [5, 5.41) is 9.48. The van der Waals surface area contributed by atoms with Crippen molar-refractivity contribution in [2.24, 2.45) is 5.73 Å². The topological polar surface area (TPSA) is 46.2 Å². The molecule has 0 aromatic heterocycles. The Kier molecular flexibility index (Phi) is 2.89. The zero-order valence-electron chi connectivity index (χ0n) is 9.54. The maximum Gasteiger partial charge on any atom is 0.126 e. The van der Waals surface area contributed by atoms with Gasteiger partial charge in [0.25, 0.3) is 0 Å². The van der Waals surface area contributed by atoms with Crippen LogP contribution in [0.3, 0.4) is 0 Å². The Morgan fingerprint density at radius 3 is 2.75 bits per heavy atom. The standard InChI is InChI=1S/C13H18FNO/c1-9(14)11-8-10(2-3-12(11)16)4-5-13(15)6-7-13/h2-3,8-9,16H,4-7,15H2,1H3. The van der Waals surface area contributed by atoms with Crippen molar-refractivity contribution in [3.8, 4) is 5.75 Å². The number of aryl methyl sites for hydroxylation is 1. The number of alkyl halides is 1. The Hall–Kier alpha value is -1.09. The molecule has 1 aromatic rings. The monoisotopic (exact) mass is 223 g/mol. The van der Waals surface area contributed by atoms with Crippen molar-refractivity contribution in [2.45, 2.75) is 44.3 Å². The van der Waals surface area contributed by atoms with E-state index < -0.39 is 6.17 Å². The fraction of sp³-hybridized carbons (Fsp3) is 0.538. The van der Waals surface area contributed by atoms with Crippen molar-refractivity contribution >= 4 is 0 Å². The minimum Gasteiger partial charge on any atom is -0.508 e. The summed E-state index contributed by atoms with van der Waals surface area (Å²) in [5.74, 6) is 0.0348. The first-order valence-corrected chi connectivity index (χ1v) is 5.75. The molecule has 1 aliphatic carbocycles. The predicted molar refractivity (Wildman–Crippen MR) is 62.1 cm³/mol. The van der Waals surface area contributed by atoms with Gasteiger partial charge in [0, 0.05) is 11.1 Å². The van der Waals surface area contributed by atoms with Gasteiger partial charge in [-0.25, -0.2) is 4.39 Å². The van der Waals surface area contributed by atoms with Crippen LogP contribution in [-0.2, 0) is 6.42 Å². The van der Waals surface area contributed by atoms with Crippen molar-refractivity contribution in [3.63, 3.8) is 0 Å². The molecule has 1 atom stereocenters. The third kappa shape index (κ3) is 2.53. The van der Waals surface area contributed by atoms with E-state index in [1.807, 2.05) is 6.07 Å². The quantitative estimate of drug-likeness (QED) is 0.824. The Labute approximate surface area is 95.3 Å².